The van der Waals surface area contributed by atoms with E-state index in [0.717, 1.165) is 27.9 Å². The first-order valence-corrected chi connectivity index (χ1v) is 11.2. The Morgan fingerprint density at radius 1 is 0.853 bits per heavy atom. The average Bonchev–Trinajstić information content (AvgIpc) is 3.11. The van der Waals surface area contributed by atoms with E-state index in [-0.39, 0.29) is 17.1 Å². The van der Waals surface area contributed by atoms with Crippen LogP contribution in [0.1, 0.15) is 26.3 Å². The van der Waals surface area contributed by atoms with E-state index in [0.29, 0.717) is 5.57 Å². The molecule has 0 N–H and O–H groups in total. The second kappa shape index (κ2) is 11.3. The van der Waals surface area contributed by atoms with E-state index in [9.17, 15) is 9.59 Å². The molecule has 0 amide bonds. The van der Waals surface area contributed by atoms with Gasteiger partial charge in [-0.3, -0.25) is 0 Å². The largest absolute Gasteiger partial charge is 0.465 e. The van der Waals surface area contributed by atoms with Crippen molar-refractivity contribution in [3.8, 4) is 0 Å². The van der Waals surface area contributed by atoms with Crippen LogP contribution in [-0.4, -0.2) is 26.2 Å². The van der Waals surface area contributed by atoms with Gasteiger partial charge in [-0.2, -0.15) is 0 Å². The minimum absolute atomic E-state index is 0.166. The predicted octanol–water partition coefficient (Wildman–Crippen LogP) is 6.23. The highest BCUT2D eigenvalue weighted by Gasteiger charge is 2.30. The van der Waals surface area contributed by atoms with Crippen molar-refractivity contribution >= 4 is 18.0 Å². The molecule has 0 radical (unpaired) electrons. The molecule has 2 aliphatic rings. The summed E-state index contributed by atoms with van der Waals surface area (Å²) in [6.45, 7) is 6.18. The maximum atomic E-state index is 12.9. The van der Waals surface area contributed by atoms with Crippen LogP contribution in [0.15, 0.2) is 118 Å². The van der Waals surface area contributed by atoms with Crippen molar-refractivity contribution in [3.05, 3.63) is 124 Å². The molecule has 4 nitrogen and oxygen atoms in total. The maximum Gasteiger partial charge on any atom is 0.339 e. The topological polar surface area (TPSA) is 52.6 Å². The van der Waals surface area contributed by atoms with Crippen LogP contribution >= 0.6 is 0 Å². The number of carbonyl (C=O) groups is 2. The lowest BCUT2D eigenvalue weighted by molar-refractivity contribution is -0.138. The average molecular weight is 455 g/mol. The number of fused-ring (bicyclic) bond motifs is 1. The summed E-state index contributed by atoms with van der Waals surface area (Å²) in [7, 11) is 2.62. The number of hydrogen-bond acceptors (Lipinski definition) is 4. The molecule has 0 heterocycles. The third-order valence-corrected chi connectivity index (χ3v) is 5.70. The smallest absolute Gasteiger partial charge is 0.339 e. The van der Waals surface area contributed by atoms with Gasteiger partial charge >= 0.3 is 11.9 Å². The van der Waals surface area contributed by atoms with Crippen LogP contribution in [-0.2, 0) is 19.1 Å². The zero-order valence-electron chi connectivity index (χ0n) is 20.3. The standard InChI is InChI=1S/C30H30O4/c1-20(2)24-16-15-21(3)27-26(19-24)23(14-10-9-13-22-11-7-6-8-12-22)17-18-25(29(31)33-4)28(27)30(32)34-5/h6-20H,1-5H3/b13-9+,14-10+. The van der Waals surface area contributed by atoms with E-state index >= 15 is 0 Å². The second-order valence-corrected chi connectivity index (χ2v) is 8.29. The fourth-order valence-electron chi connectivity index (χ4n) is 3.83. The first kappa shape index (κ1) is 24.7. The normalized spacial score (nSPS) is 16.2. The van der Waals surface area contributed by atoms with Crippen molar-refractivity contribution in [2.75, 3.05) is 14.2 Å². The van der Waals surface area contributed by atoms with Crippen molar-refractivity contribution in [3.63, 3.8) is 0 Å². The Kier molecular flexibility index (Phi) is 8.20. The Morgan fingerprint density at radius 3 is 2.18 bits per heavy atom. The fraction of sp³-hybridized carbons (Fsp3) is 0.200. The summed E-state index contributed by atoms with van der Waals surface area (Å²) >= 11 is 0. The highest BCUT2D eigenvalue weighted by molar-refractivity contribution is 6.07. The molecular formula is C30H30O4. The quantitative estimate of drug-likeness (QED) is 0.377. The lowest BCUT2D eigenvalue weighted by Crippen LogP contribution is -2.16. The summed E-state index contributed by atoms with van der Waals surface area (Å²) in [6.07, 6.45) is 17.5. The van der Waals surface area contributed by atoms with Gasteiger partial charge in [0.2, 0.25) is 0 Å². The molecule has 0 unspecified atom stereocenters. The van der Waals surface area contributed by atoms with Crippen molar-refractivity contribution < 1.29 is 19.1 Å². The van der Waals surface area contributed by atoms with Gasteiger partial charge in [-0.25, -0.2) is 9.59 Å². The molecule has 0 bridgehead atoms. The zero-order valence-corrected chi connectivity index (χ0v) is 20.3. The molecule has 0 saturated carbocycles. The van der Waals surface area contributed by atoms with Gasteiger partial charge < -0.3 is 9.47 Å². The van der Waals surface area contributed by atoms with E-state index in [1.807, 2.05) is 73.7 Å². The van der Waals surface area contributed by atoms with Gasteiger partial charge in [-0.1, -0.05) is 92.8 Å². The summed E-state index contributed by atoms with van der Waals surface area (Å²) in [6, 6.07) is 10.0. The van der Waals surface area contributed by atoms with Crippen molar-refractivity contribution in [2.45, 2.75) is 20.8 Å². The van der Waals surface area contributed by atoms with E-state index in [1.165, 1.54) is 14.2 Å². The number of ether oxygens (including phenoxy) is 2. The van der Waals surface area contributed by atoms with Crippen molar-refractivity contribution in [1.82, 2.24) is 0 Å². The number of benzene rings is 1. The van der Waals surface area contributed by atoms with E-state index in [2.05, 4.69) is 26.0 Å². The van der Waals surface area contributed by atoms with E-state index < -0.39 is 11.9 Å². The summed E-state index contributed by atoms with van der Waals surface area (Å²) in [5.41, 5.74) is 5.83. The summed E-state index contributed by atoms with van der Waals surface area (Å²) in [4.78, 5) is 25.6. The van der Waals surface area contributed by atoms with Gasteiger partial charge in [0.05, 0.1) is 25.4 Å². The van der Waals surface area contributed by atoms with E-state index in [1.54, 1.807) is 6.08 Å². The number of esters is 2. The van der Waals surface area contributed by atoms with Gasteiger partial charge in [0.15, 0.2) is 0 Å². The first-order chi connectivity index (χ1) is 16.4. The lowest BCUT2D eigenvalue weighted by atomic mass is 9.88. The minimum Gasteiger partial charge on any atom is -0.465 e. The van der Waals surface area contributed by atoms with Crippen molar-refractivity contribution in [1.29, 1.82) is 0 Å². The summed E-state index contributed by atoms with van der Waals surface area (Å²) < 4.78 is 10.1. The molecule has 0 spiro atoms. The van der Waals surface area contributed by atoms with Crippen LogP contribution in [0.5, 0.6) is 0 Å². The highest BCUT2D eigenvalue weighted by atomic mass is 16.5. The molecular weight excluding hydrogens is 424 g/mol. The van der Waals surface area contributed by atoms with Gasteiger partial charge in [0.1, 0.15) is 0 Å². The Hall–Kier alpha value is -3.92. The monoisotopic (exact) mass is 454 g/mol. The van der Waals surface area contributed by atoms with E-state index in [4.69, 9.17) is 9.47 Å². The number of carbonyl (C=O) groups excluding carboxylic acids is 2. The van der Waals surface area contributed by atoms with Gasteiger partial charge in [0, 0.05) is 5.57 Å². The molecule has 1 aromatic rings. The molecule has 0 aromatic heterocycles. The van der Waals surface area contributed by atoms with Crippen LogP contribution < -0.4 is 0 Å². The minimum atomic E-state index is -0.591. The Balaban J connectivity index is 2.22. The SMILES string of the molecule is COC(=O)C1=C(C(=O)OC)C2=C(C)C=CC(C(C)C)=CC2=C(/C=C/C=C/c2ccccc2)C=C1. The van der Waals surface area contributed by atoms with Crippen LogP contribution in [0, 0.1) is 5.92 Å². The predicted molar refractivity (Wildman–Crippen MR) is 137 cm³/mol. The maximum absolute atomic E-state index is 12.9. The first-order valence-electron chi connectivity index (χ1n) is 11.2. The van der Waals surface area contributed by atoms with Gasteiger partial charge in [-0.05, 0) is 46.8 Å². The Labute approximate surface area is 201 Å². The molecule has 4 heteroatoms. The molecule has 174 valence electrons. The molecule has 3 rings (SSSR count). The number of allylic oxidation sites excluding steroid dienone is 11. The summed E-state index contributed by atoms with van der Waals surface area (Å²) in [5, 5.41) is 0. The Bertz CT molecular complexity index is 1210. The Morgan fingerprint density at radius 2 is 1.53 bits per heavy atom. The lowest BCUT2D eigenvalue weighted by Gasteiger charge is -2.16. The van der Waals surface area contributed by atoms with Crippen molar-refractivity contribution in [2.24, 2.45) is 5.92 Å². The third-order valence-electron chi connectivity index (χ3n) is 5.70. The molecule has 1 aromatic carbocycles. The summed E-state index contributed by atoms with van der Waals surface area (Å²) in [5.74, 6) is -0.898. The van der Waals surface area contributed by atoms with Crippen LogP contribution in [0.4, 0.5) is 0 Å². The molecule has 0 fully saturated rings. The van der Waals surface area contributed by atoms with Gasteiger partial charge in [-0.15, -0.1) is 0 Å². The highest BCUT2D eigenvalue weighted by Crippen LogP contribution is 2.38. The second-order valence-electron chi connectivity index (χ2n) is 8.29. The number of rotatable bonds is 6. The van der Waals surface area contributed by atoms with Crippen LogP contribution in [0.25, 0.3) is 6.08 Å². The van der Waals surface area contributed by atoms with Crippen LogP contribution in [0.3, 0.4) is 0 Å². The fourth-order valence-corrected chi connectivity index (χ4v) is 3.83. The van der Waals surface area contributed by atoms with Gasteiger partial charge in [0.25, 0.3) is 0 Å². The zero-order chi connectivity index (χ0) is 24.7. The number of hydrogen-bond donors (Lipinski definition) is 0. The van der Waals surface area contributed by atoms with Crippen LogP contribution in [0.2, 0.25) is 0 Å². The molecule has 0 atom stereocenters. The third kappa shape index (κ3) is 5.52. The number of methoxy groups -OCH3 is 2. The molecule has 2 aliphatic carbocycles. The molecule has 0 saturated heterocycles. The molecule has 0 aliphatic heterocycles. The molecule has 34 heavy (non-hydrogen) atoms.